The third-order valence-corrected chi connectivity index (χ3v) is 12.5. The average Bonchev–Trinajstić information content (AvgIpc) is 3.95. The molecule has 11 aromatic rings. The highest BCUT2D eigenvalue weighted by Gasteiger charge is 2.23. The number of hydrogen-bond donors (Lipinski definition) is 0. The second-order valence-electron chi connectivity index (χ2n) is 14.1. The summed E-state index contributed by atoms with van der Waals surface area (Å²) >= 11 is 1.91. The van der Waals surface area contributed by atoms with Gasteiger partial charge in [-0.05, 0) is 88.3 Å². The zero-order valence-electron chi connectivity index (χ0n) is 28.2. The largest absolute Gasteiger partial charge is 0.309 e. The van der Waals surface area contributed by atoms with Crippen molar-refractivity contribution in [3.63, 3.8) is 0 Å². The molecule has 1 aliphatic rings. The summed E-state index contributed by atoms with van der Waals surface area (Å²) < 4.78 is 7.59. The molecule has 0 spiro atoms. The minimum Gasteiger partial charge on any atom is -0.309 e. The lowest BCUT2D eigenvalue weighted by Crippen LogP contribution is -1.95. The van der Waals surface area contributed by atoms with E-state index in [9.17, 15) is 0 Å². The zero-order chi connectivity index (χ0) is 33.9. The SMILES string of the molecule is c1ccc(-n2c3ccccc3c3ccc4c(c5ccccc5n4-c4cccc5c4sc4cc(-c6ccc7c(c6)-c6ccccc6C7)ccc45)c32)cc1. The van der Waals surface area contributed by atoms with Crippen LogP contribution in [0.5, 0.6) is 0 Å². The van der Waals surface area contributed by atoms with Crippen molar-refractivity contribution in [1.82, 2.24) is 9.13 Å². The highest BCUT2D eigenvalue weighted by atomic mass is 32.1. The van der Waals surface area contributed by atoms with Crippen LogP contribution in [0.1, 0.15) is 11.1 Å². The van der Waals surface area contributed by atoms with E-state index in [0.717, 1.165) is 6.42 Å². The molecule has 8 aromatic carbocycles. The molecule has 0 saturated carbocycles. The quantitative estimate of drug-likeness (QED) is 0.176. The van der Waals surface area contributed by atoms with Crippen molar-refractivity contribution in [2.45, 2.75) is 6.42 Å². The van der Waals surface area contributed by atoms with Gasteiger partial charge in [-0.1, -0.05) is 121 Å². The molecule has 0 N–H and O–H groups in total. The van der Waals surface area contributed by atoms with Crippen LogP contribution < -0.4 is 0 Å². The molecule has 3 aromatic heterocycles. The molecule has 12 rings (SSSR count). The smallest absolute Gasteiger partial charge is 0.0641 e. The van der Waals surface area contributed by atoms with Crippen LogP contribution in [0.25, 0.3) is 97.4 Å². The Morgan fingerprint density at radius 3 is 2.02 bits per heavy atom. The number of rotatable bonds is 3. The molecule has 0 bridgehead atoms. The number of fused-ring (bicyclic) bond motifs is 13. The maximum atomic E-state index is 2.51. The Bertz CT molecular complexity index is 3260. The van der Waals surface area contributed by atoms with E-state index in [1.807, 2.05) is 11.3 Å². The summed E-state index contributed by atoms with van der Waals surface area (Å²) in [6.45, 7) is 0. The van der Waals surface area contributed by atoms with Crippen LogP contribution in [0.3, 0.4) is 0 Å². The van der Waals surface area contributed by atoms with Crippen molar-refractivity contribution in [2.75, 3.05) is 0 Å². The zero-order valence-corrected chi connectivity index (χ0v) is 29.0. The van der Waals surface area contributed by atoms with E-state index < -0.39 is 0 Å². The van der Waals surface area contributed by atoms with Crippen LogP contribution in [0.2, 0.25) is 0 Å². The van der Waals surface area contributed by atoms with Crippen molar-refractivity contribution in [2.24, 2.45) is 0 Å². The van der Waals surface area contributed by atoms with Gasteiger partial charge in [0.05, 0.1) is 32.5 Å². The summed E-state index contributed by atoms with van der Waals surface area (Å²) in [5.41, 5.74) is 15.5. The van der Waals surface area contributed by atoms with Gasteiger partial charge in [-0.3, -0.25) is 0 Å². The van der Waals surface area contributed by atoms with Crippen molar-refractivity contribution in [3.8, 4) is 33.6 Å². The Labute approximate surface area is 304 Å². The average molecular weight is 679 g/mol. The van der Waals surface area contributed by atoms with Gasteiger partial charge in [-0.2, -0.15) is 0 Å². The summed E-state index contributed by atoms with van der Waals surface area (Å²) in [6, 6.07) is 63.0. The summed E-state index contributed by atoms with van der Waals surface area (Å²) in [4.78, 5) is 0. The van der Waals surface area contributed by atoms with Gasteiger partial charge in [0.1, 0.15) is 0 Å². The molecule has 3 heterocycles. The number of hydrogen-bond acceptors (Lipinski definition) is 1. The molecule has 0 aliphatic heterocycles. The first-order chi connectivity index (χ1) is 25.8. The molecule has 0 fully saturated rings. The Kier molecular flexibility index (Phi) is 5.74. The molecule has 0 saturated heterocycles. The topological polar surface area (TPSA) is 9.86 Å². The predicted octanol–water partition coefficient (Wildman–Crippen LogP) is 13.5. The van der Waals surface area contributed by atoms with Crippen LogP contribution in [-0.2, 0) is 6.42 Å². The Hall–Kier alpha value is -6.42. The molecule has 52 heavy (non-hydrogen) atoms. The maximum absolute atomic E-state index is 2.51. The van der Waals surface area contributed by atoms with Gasteiger partial charge < -0.3 is 9.13 Å². The lowest BCUT2D eigenvalue weighted by molar-refractivity contribution is 1.18. The van der Waals surface area contributed by atoms with Gasteiger partial charge in [0.25, 0.3) is 0 Å². The molecular weight excluding hydrogens is 649 g/mol. The number of thiophene rings is 1. The van der Waals surface area contributed by atoms with Gasteiger partial charge in [-0.15, -0.1) is 11.3 Å². The van der Waals surface area contributed by atoms with Crippen LogP contribution in [0.15, 0.2) is 170 Å². The fraction of sp³-hybridized carbons (Fsp3) is 0.0204. The highest BCUT2D eigenvalue weighted by Crippen LogP contribution is 2.46. The highest BCUT2D eigenvalue weighted by molar-refractivity contribution is 7.26. The predicted molar refractivity (Wildman–Crippen MR) is 222 cm³/mol. The van der Waals surface area contributed by atoms with Gasteiger partial charge >= 0.3 is 0 Å². The molecule has 3 heteroatoms. The number of nitrogens with zero attached hydrogens (tertiary/aromatic N) is 2. The standard InChI is InChI=1S/C49H30N2S/c1-2-12-34(13-3-1)50-42-18-8-6-15-36(42)38-25-26-44-47(48(38)50)40-16-7-9-19-43(40)51(44)45-20-10-17-39-37-24-23-31(29-46(37)52-49(39)45)30-21-22-33-27-32-11-4-5-14-35(32)41(33)28-30/h1-26,28-29H,27H2. The number of benzene rings is 8. The fourth-order valence-corrected chi connectivity index (χ4v) is 10.3. The minimum atomic E-state index is 1.02. The monoisotopic (exact) mass is 678 g/mol. The summed E-state index contributed by atoms with van der Waals surface area (Å²) in [5, 5.41) is 7.71. The molecule has 0 radical (unpaired) electrons. The van der Waals surface area contributed by atoms with Gasteiger partial charge in [-0.25, -0.2) is 0 Å². The van der Waals surface area contributed by atoms with Crippen molar-refractivity contribution in [1.29, 1.82) is 0 Å². The third kappa shape index (κ3) is 3.83. The molecular formula is C49H30N2S. The van der Waals surface area contributed by atoms with Crippen molar-refractivity contribution >= 4 is 75.1 Å². The first-order valence-corrected chi connectivity index (χ1v) is 18.8. The molecule has 242 valence electrons. The summed E-state index contributed by atoms with van der Waals surface area (Å²) in [5.74, 6) is 0. The van der Waals surface area contributed by atoms with Gasteiger partial charge in [0, 0.05) is 42.7 Å². The Balaban J connectivity index is 1.10. The summed E-state index contributed by atoms with van der Waals surface area (Å²) in [7, 11) is 0. The number of aromatic nitrogens is 2. The van der Waals surface area contributed by atoms with Crippen LogP contribution in [0, 0.1) is 0 Å². The van der Waals surface area contributed by atoms with E-state index >= 15 is 0 Å². The lowest BCUT2D eigenvalue weighted by Gasteiger charge is -2.10. The fourth-order valence-electron chi connectivity index (χ4n) is 9.06. The van der Waals surface area contributed by atoms with E-state index in [0.29, 0.717) is 0 Å². The molecule has 0 atom stereocenters. The summed E-state index contributed by atoms with van der Waals surface area (Å²) in [6.07, 6.45) is 1.02. The van der Waals surface area contributed by atoms with E-state index in [1.165, 1.54) is 109 Å². The Morgan fingerprint density at radius 1 is 0.423 bits per heavy atom. The van der Waals surface area contributed by atoms with Gasteiger partial charge in [0.2, 0.25) is 0 Å². The van der Waals surface area contributed by atoms with Crippen LogP contribution >= 0.6 is 11.3 Å². The number of para-hydroxylation sites is 3. The van der Waals surface area contributed by atoms with E-state index in [4.69, 9.17) is 0 Å². The van der Waals surface area contributed by atoms with Gasteiger partial charge in [0.15, 0.2) is 0 Å². The normalized spacial score (nSPS) is 12.5. The first-order valence-electron chi connectivity index (χ1n) is 18.0. The molecule has 1 aliphatic carbocycles. The van der Waals surface area contributed by atoms with Crippen LogP contribution in [-0.4, -0.2) is 9.13 Å². The second-order valence-corrected chi connectivity index (χ2v) is 15.1. The first kappa shape index (κ1) is 28.3. The maximum Gasteiger partial charge on any atom is 0.0641 e. The van der Waals surface area contributed by atoms with E-state index in [2.05, 4.69) is 179 Å². The molecule has 0 unspecified atom stereocenters. The Morgan fingerprint density at radius 2 is 1.12 bits per heavy atom. The second kappa shape index (κ2) is 10.6. The molecule has 2 nitrogen and oxygen atoms in total. The van der Waals surface area contributed by atoms with E-state index in [1.54, 1.807) is 0 Å². The van der Waals surface area contributed by atoms with Crippen LogP contribution in [0.4, 0.5) is 0 Å². The van der Waals surface area contributed by atoms with Crippen molar-refractivity contribution in [3.05, 3.63) is 181 Å². The van der Waals surface area contributed by atoms with Crippen molar-refractivity contribution < 1.29 is 0 Å². The van der Waals surface area contributed by atoms with E-state index in [-0.39, 0.29) is 0 Å². The minimum absolute atomic E-state index is 1.02. The molecule has 0 amide bonds. The lowest BCUT2D eigenvalue weighted by atomic mass is 9.98. The third-order valence-electron chi connectivity index (χ3n) is 11.3.